The molecule has 4 heteroatoms. The molecule has 0 atom stereocenters. The van der Waals surface area contributed by atoms with Crippen LogP contribution in [0.15, 0.2) is 59.4 Å². The van der Waals surface area contributed by atoms with Crippen LogP contribution in [0.5, 0.6) is 0 Å². The molecule has 3 rings (SSSR count). The van der Waals surface area contributed by atoms with Crippen LogP contribution in [0, 0.1) is 6.92 Å². The molecule has 0 aliphatic carbocycles. The summed E-state index contributed by atoms with van der Waals surface area (Å²) in [4.78, 5) is 27.0. The molecule has 0 bridgehead atoms. The number of aryl methyl sites for hydroxylation is 1. The quantitative estimate of drug-likeness (QED) is 0.756. The van der Waals surface area contributed by atoms with Crippen molar-refractivity contribution in [2.45, 2.75) is 6.92 Å². The van der Waals surface area contributed by atoms with Crippen LogP contribution in [-0.2, 0) is 0 Å². The first-order valence-corrected chi connectivity index (χ1v) is 6.63. The lowest BCUT2D eigenvalue weighted by Crippen LogP contribution is -2.22. The number of aromatic nitrogens is 1. The standard InChI is InChI=1S/C17H14N2O2/c1-11-6-8-13(9-7-11)18-16(20)14-10-12-4-2-3-5-15(12)19-17(14)21/h2-10H,1H3,(H,18,20)(H,19,21). The van der Waals surface area contributed by atoms with Crippen molar-refractivity contribution < 1.29 is 4.79 Å². The van der Waals surface area contributed by atoms with Crippen molar-refractivity contribution in [1.82, 2.24) is 4.98 Å². The second kappa shape index (κ2) is 5.25. The fraction of sp³-hybridized carbons (Fsp3) is 0.0588. The topological polar surface area (TPSA) is 62.0 Å². The molecule has 0 saturated carbocycles. The van der Waals surface area contributed by atoms with E-state index in [1.54, 1.807) is 12.1 Å². The van der Waals surface area contributed by atoms with Gasteiger partial charge in [-0.05, 0) is 36.6 Å². The molecule has 1 amide bonds. The minimum absolute atomic E-state index is 0.106. The minimum Gasteiger partial charge on any atom is -0.322 e. The first kappa shape index (κ1) is 13.1. The lowest BCUT2D eigenvalue weighted by atomic mass is 10.1. The normalized spacial score (nSPS) is 10.5. The molecule has 1 aromatic heterocycles. The summed E-state index contributed by atoms with van der Waals surface area (Å²) in [5.74, 6) is -0.411. The second-order valence-corrected chi connectivity index (χ2v) is 4.92. The zero-order valence-electron chi connectivity index (χ0n) is 11.5. The molecule has 21 heavy (non-hydrogen) atoms. The monoisotopic (exact) mass is 278 g/mol. The van der Waals surface area contributed by atoms with Crippen molar-refractivity contribution in [3.05, 3.63) is 76.1 Å². The summed E-state index contributed by atoms with van der Waals surface area (Å²) < 4.78 is 0. The molecule has 0 radical (unpaired) electrons. The summed E-state index contributed by atoms with van der Waals surface area (Å²) in [6.45, 7) is 1.97. The fourth-order valence-electron chi connectivity index (χ4n) is 2.15. The van der Waals surface area contributed by atoms with Crippen molar-refractivity contribution >= 4 is 22.5 Å². The summed E-state index contributed by atoms with van der Waals surface area (Å²) in [5.41, 5.74) is 2.21. The Bertz CT molecular complexity index is 864. The van der Waals surface area contributed by atoms with E-state index in [9.17, 15) is 9.59 Å². The molecule has 104 valence electrons. The van der Waals surface area contributed by atoms with Crippen LogP contribution >= 0.6 is 0 Å². The number of carbonyl (C=O) groups excluding carboxylic acids is 1. The zero-order chi connectivity index (χ0) is 14.8. The number of amides is 1. The van der Waals surface area contributed by atoms with Crippen LogP contribution in [-0.4, -0.2) is 10.9 Å². The van der Waals surface area contributed by atoms with Gasteiger partial charge in [-0.3, -0.25) is 9.59 Å². The Labute approximate surface area is 121 Å². The average molecular weight is 278 g/mol. The number of rotatable bonds is 2. The first-order chi connectivity index (χ1) is 10.1. The number of hydrogen-bond donors (Lipinski definition) is 2. The number of H-pyrrole nitrogens is 1. The Morgan fingerprint density at radius 2 is 1.76 bits per heavy atom. The summed E-state index contributed by atoms with van der Waals surface area (Å²) in [6.07, 6.45) is 0. The van der Waals surface area contributed by atoms with Crippen LogP contribution in [0.2, 0.25) is 0 Å². The minimum atomic E-state index is -0.411. The van der Waals surface area contributed by atoms with E-state index in [4.69, 9.17) is 0 Å². The summed E-state index contributed by atoms with van der Waals surface area (Å²) >= 11 is 0. The van der Waals surface area contributed by atoms with Gasteiger partial charge in [0.25, 0.3) is 11.5 Å². The molecule has 0 fully saturated rings. The van der Waals surface area contributed by atoms with E-state index in [1.807, 2.05) is 49.4 Å². The van der Waals surface area contributed by atoms with Crippen LogP contribution in [0.1, 0.15) is 15.9 Å². The number of para-hydroxylation sites is 1. The Morgan fingerprint density at radius 3 is 2.52 bits per heavy atom. The van der Waals surface area contributed by atoms with Crippen molar-refractivity contribution in [3.8, 4) is 0 Å². The Hall–Kier alpha value is -2.88. The zero-order valence-corrected chi connectivity index (χ0v) is 11.5. The summed E-state index contributed by atoms with van der Waals surface area (Å²) in [5, 5.41) is 3.56. The molecule has 0 saturated heterocycles. The molecule has 2 aromatic carbocycles. The number of hydrogen-bond acceptors (Lipinski definition) is 2. The van der Waals surface area contributed by atoms with E-state index in [1.165, 1.54) is 0 Å². The highest BCUT2D eigenvalue weighted by atomic mass is 16.2. The van der Waals surface area contributed by atoms with Crippen LogP contribution < -0.4 is 10.9 Å². The van der Waals surface area contributed by atoms with E-state index in [0.717, 1.165) is 16.5 Å². The highest BCUT2D eigenvalue weighted by Gasteiger charge is 2.11. The largest absolute Gasteiger partial charge is 0.322 e. The van der Waals surface area contributed by atoms with E-state index < -0.39 is 11.5 Å². The number of aromatic amines is 1. The maximum absolute atomic E-state index is 12.2. The third-order valence-electron chi connectivity index (χ3n) is 3.31. The summed E-state index contributed by atoms with van der Waals surface area (Å²) in [7, 11) is 0. The first-order valence-electron chi connectivity index (χ1n) is 6.63. The van der Waals surface area contributed by atoms with E-state index >= 15 is 0 Å². The maximum Gasteiger partial charge on any atom is 0.261 e. The highest BCUT2D eigenvalue weighted by Crippen LogP contribution is 2.13. The van der Waals surface area contributed by atoms with Gasteiger partial charge in [0.1, 0.15) is 5.56 Å². The Balaban J connectivity index is 1.95. The van der Waals surface area contributed by atoms with E-state index in [-0.39, 0.29) is 5.56 Å². The van der Waals surface area contributed by atoms with Crippen molar-refractivity contribution in [3.63, 3.8) is 0 Å². The van der Waals surface area contributed by atoms with Gasteiger partial charge in [0.2, 0.25) is 0 Å². The number of benzene rings is 2. The van der Waals surface area contributed by atoms with Gasteiger partial charge in [-0.2, -0.15) is 0 Å². The SMILES string of the molecule is Cc1ccc(NC(=O)c2cc3ccccc3[nH]c2=O)cc1. The second-order valence-electron chi connectivity index (χ2n) is 4.92. The van der Waals surface area contributed by atoms with Gasteiger partial charge in [0.15, 0.2) is 0 Å². The van der Waals surface area contributed by atoms with Gasteiger partial charge in [-0.15, -0.1) is 0 Å². The fourth-order valence-corrected chi connectivity index (χ4v) is 2.15. The molecule has 0 aliphatic heterocycles. The number of anilines is 1. The van der Waals surface area contributed by atoms with Gasteiger partial charge < -0.3 is 10.3 Å². The smallest absolute Gasteiger partial charge is 0.261 e. The predicted octanol–water partition coefficient (Wildman–Crippen LogP) is 3.09. The summed E-state index contributed by atoms with van der Waals surface area (Å²) in [6, 6.07) is 16.4. The predicted molar refractivity (Wildman–Crippen MR) is 83.7 cm³/mol. The third kappa shape index (κ3) is 2.69. The molecule has 2 N–H and O–H groups in total. The average Bonchev–Trinajstić information content (AvgIpc) is 2.49. The molecular weight excluding hydrogens is 264 g/mol. The van der Waals surface area contributed by atoms with Crippen LogP contribution in [0.25, 0.3) is 10.9 Å². The van der Waals surface area contributed by atoms with Crippen molar-refractivity contribution in [1.29, 1.82) is 0 Å². The van der Waals surface area contributed by atoms with Gasteiger partial charge in [0.05, 0.1) is 0 Å². The highest BCUT2D eigenvalue weighted by molar-refractivity contribution is 6.05. The number of nitrogens with one attached hydrogen (secondary N) is 2. The van der Waals surface area contributed by atoms with Crippen LogP contribution in [0.4, 0.5) is 5.69 Å². The van der Waals surface area contributed by atoms with E-state index in [0.29, 0.717) is 5.69 Å². The Kier molecular flexibility index (Phi) is 3.28. The molecular formula is C17H14N2O2. The van der Waals surface area contributed by atoms with Gasteiger partial charge >= 0.3 is 0 Å². The van der Waals surface area contributed by atoms with Gasteiger partial charge in [0, 0.05) is 11.2 Å². The van der Waals surface area contributed by atoms with Gasteiger partial charge in [-0.25, -0.2) is 0 Å². The maximum atomic E-state index is 12.2. The third-order valence-corrected chi connectivity index (χ3v) is 3.31. The van der Waals surface area contributed by atoms with Crippen LogP contribution in [0.3, 0.4) is 0 Å². The van der Waals surface area contributed by atoms with Crippen molar-refractivity contribution in [2.24, 2.45) is 0 Å². The van der Waals surface area contributed by atoms with E-state index in [2.05, 4.69) is 10.3 Å². The molecule has 4 nitrogen and oxygen atoms in total. The number of pyridine rings is 1. The molecule has 0 aliphatic rings. The lowest BCUT2D eigenvalue weighted by Gasteiger charge is -2.06. The molecule has 0 unspecified atom stereocenters. The number of fused-ring (bicyclic) bond motifs is 1. The Morgan fingerprint density at radius 1 is 1.05 bits per heavy atom. The number of carbonyl (C=O) groups is 1. The lowest BCUT2D eigenvalue weighted by molar-refractivity contribution is 0.102. The molecule has 3 aromatic rings. The van der Waals surface area contributed by atoms with Crippen molar-refractivity contribution in [2.75, 3.05) is 5.32 Å². The van der Waals surface area contributed by atoms with Gasteiger partial charge in [-0.1, -0.05) is 35.9 Å². The molecule has 1 heterocycles. The molecule has 0 spiro atoms.